The quantitative estimate of drug-likeness (QED) is 0.172. The molecule has 0 aromatic carbocycles. The SMILES string of the molecule is O=C(O)CCC(=O)O.O=C1CC(S(=O)(=O)OC2CCC2OS(=O)(=O)C2CC(=O)NC2=O)C(=O)N1. The van der Waals surface area contributed by atoms with Crippen molar-refractivity contribution in [1.29, 1.82) is 0 Å². The summed E-state index contributed by atoms with van der Waals surface area (Å²) in [4.78, 5) is 64.5. The highest BCUT2D eigenvalue weighted by Gasteiger charge is 2.49. The molecule has 0 bridgehead atoms. The van der Waals surface area contributed by atoms with E-state index in [-0.39, 0.29) is 25.7 Å². The van der Waals surface area contributed by atoms with Crippen molar-refractivity contribution in [3.63, 3.8) is 0 Å². The van der Waals surface area contributed by atoms with E-state index < -0.39 is 91.4 Å². The molecule has 1 aliphatic carbocycles. The van der Waals surface area contributed by atoms with Gasteiger partial charge in [-0.3, -0.25) is 47.8 Å². The highest BCUT2D eigenvalue weighted by atomic mass is 32.2. The van der Waals surface area contributed by atoms with Crippen LogP contribution in [0.5, 0.6) is 0 Å². The number of amides is 4. The summed E-state index contributed by atoms with van der Waals surface area (Å²) in [7, 11) is -8.94. The van der Waals surface area contributed by atoms with Crippen molar-refractivity contribution in [3.8, 4) is 0 Å². The number of carbonyl (C=O) groups is 6. The predicted octanol–water partition coefficient (Wildman–Crippen LogP) is -3.02. The molecule has 4 amide bonds. The third-order valence-electron chi connectivity index (χ3n) is 4.77. The Balaban J connectivity index is 0.000000440. The van der Waals surface area contributed by atoms with Crippen LogP contribution >= 0.6 is 0 Å². The fourth-order valence-corrected chi connectivity index (χ4v) is 5.63. The number of hydrogen-bond donors (Lipinski definition) is 4. The van der Waals surface area contributed by atoms with E-state index in [2.05, 4.69) is 0 Å². The maximum atomic E-state index is 12.1. The molecule has 0 aromatic heterocycles. The van der Waals surface area contributed by atoms with Crippen LogP contribution in [0.4, 0.5) is 0 Å². The number of rotatable bonds is 9. The summed E-state index contributed by atoms with van der Waals surface area (Å²) in [6.45, 7) is 0. The van der Waals surface area contributed by atoms with Gasteiger partial charge in [-0.1, -0.05) is 0 Å². The van der Waals surface area contributed by atoms with Gasteiger partial charge < -0.3 is 10.2 Å². The monoisotopic (exact) mass is 528 g/mol. The van der Waals surface area contributed by atoms with Gasteiger partial charge in [0.25, 0.3) is 20.2 Å². The van der Waals surface area contributed by atoms with E-state index in [1.54, 1.807) is 0 Å². The number of hydrogen-bond acceptors (Lipinski definition) is 12. The lowest BCUT2D eigenvalue weighted by molar-refractivity contribution is -0.143. The molecule has 18 heteroatoms. The molecule has 0 spiro atoms. The van der Waals surface area contributed by atoms with Crippen molar-refractivity contribution >= 4 is 55.8 Å². The van der Waals surface area contributed by atoms with E-state index in [0.29, 0.717) is 0 Å². The maximum absolute atomic E-state index is 12.1. The first-order valence-corrected chi connectivity index (χ1v) is 12.5. The Kier molecular flexibility index (Phi) is 8.45. The third kappa shape index (κ3) is 7.02. The molecule has 190 valence electrons. The number of aliphatic carboxylic acids is 2. The molecule has 16 nitrogen and oxygen atoms in total. The van der Waals surface area contributed by atoms with Crippen LogP contribution in [0.3, 0.4) is 0 Å². The average molecular weight is 528 g/mol. The smallest absolute Gasteiger partial charge is 0.303 e. The molecule has 0 radical (unpaired) electrons. The van der Waals surface area contributed by atoms with Gasteiger partial charge in [-0.15, -0.1) is 0 Å². The van der Waals surface area contributed by atoms with Gasteiger partial charge in [-0.25, -0.2) is 0 Å². The minimum atomic E-state index is -4.47. The highest BCUT2D eigenvalue weighted by molar-refractivity contribution is 7.88. The molecule has 3 aliphatic rings. The normalized spacial score (nSPS) is 26.7. The Hall–Kier alpha value is -2.96. The van der Waals surface area contributed by atoms with Crippen molar-refractivity contribution in [1.82, 2.24) is 10.6 Å². The lowest BCUT2D eigenvalue weighted by Crippen LogP contribution is -2.47. The second-order valence-corrected chi connectivity index (χ2v) is 10.8. The van der Waals surface area contributed by atoms with Gasteiger partial charge in [0.2, 0.25) is 23.6 Å². The first-order chi connectivity index (χ1) is 15.6. The standard InChI is InChI=1S/C12H14N2O10S2.C4H6O4/c15-9-3-7(11(17)13-9)25(19,20)23-5-1-2-6(5)24-26(21,22)8-4-10(16)14-12(8)18;5-3(6)1-2-4(7)8/h5-8H,1-4H2,(H,13,15,17)(H,14,16,18);1-2H2,(H,5,6)(H,7,8). The molecule has 1 saturated carbocycles. The van der Waals surface area contributed by atoms with E-state index in [1.807, 2.05) is 10.6 Å². The largest absolute Gasteiger partial charge is 0.481 e. The summed E-state index contributed by atoms with van der Waals surface area (Å²) < 4.78 is 58.1. The average Bonchev–Trinajstić information content (AvgIpc) is 3.23. The van der Waals surface area contributed by atoms with E-state index in [1.165, 1.54) is 0 Å². The maximum Gasteiger partial charge on any atom is 0.303 e. The summed E-state index contributed by atoms with van der Waals surface area (Å²) >= 11 is 0. The minimum absolute atomic E-state index is 0.136. The van der Waals surface area contributed by atoms with Gasteiger partial charge in [0.05, 0.1) is 25.7 Å². The summed E-state index contributed by atoms with van der Waals surface area (Å²) in [5, 5.41) is 16.1. The van der Waals surface area contributed by atoms with Gasteiger partial charge in [-0.2, -0.15) is 16.8 Å². The number of carboxylic acid groups (broad SMARTS) is 2. The summed E-state index contributed by atoms with van der Waals surface area (Å²) in [5.74, 6) is -5.69. The van der Waals surface area contributed by atoms with Crippen LogP contribution in [0, 0.1) is 0 Å². The fourth-order valence-electron chi connectivity index (χ4n) is 2.88. The van der Waals surface area contributed by atoms with Gasteiger partial charge >= 0.3 is 11.9 Å². The molecule has 4 unspecified atom stereocenters. The van der Waals surface area contributed by atoms with Gasteiger partial charge in [0.1, 0.15) is 12.2 Å². The van der Waals surface area contributed by atoms with E-state index in [9.17, 15) is 45.6 Å². The van der Waals surface area contributed by atoms with Crippen molar-refractivity contribution in [3.05, 3.63) is 0 Å². The van der Waals surface area contributed by atoms with E-state index in [0.717, 1.165) is 0 Å². The van der Waals surface area contributed by atoms with Crippen LogP contribution in [0.1, 0.15) is 38.5 Å². The minimum Gasteiger partial charge on any atom is -0.481 e. The van der Waals surface area contributed by atoms with Crippen LogP contribution in [-0.2, 0) is 57.4 Å². The molecule has 2 saturated heterocycles. The van der Waals surface area contributed by atoms with Gasteiger partial charge in [0.15, 0.2) is 10.5 Å². The van der Waals surface area contributed by atoms with Crippen molar-refractivity contribution < 1.29 is 64.2 Å². The molecule has 4 N–H and O–H groups in total. The number of imide groups is 2. The molecule has 2 heterocycles. The van der Waals surface area contributed by atoms with E-state index in [4.69, 9.17) is 18.6 Å². The van der Waals surface area contributed by atoms with Crippen LogP contribution < -0.4 is 10.6 Å². The molecular formula is C16H20N2O14S2. The molecule has 34 heavy (non-hydrogen) atoms. The van der Waals surface area contributed by atoms with Gasteiger partial charge in [-0.05, 0) is 12.8 Å². The topological polar surface area (TPSA) is 254 Å². The molecule has 3 rings (SSSR count). The summed E-state index contributed by atoms with van der Waals surface area (Å²) in [6.07, 6.45) is -3.85. The summed E-state index contributed by atoms with van der Waals surface area (Å²) in [5.41, 5.74) is 0. The van der Waals surface area contributed by atoms with Crippen LogP contribution in [0.2, 0.25) is 0 Å². The van der Waals surface area contributed by atoms with E-state index >= 15 is 0 Å². The zero-order valence-corrected chi connectivity index (χ0v) is 18.8. The Bertz CT molecular complexity index is 1020. The first-order valence-electron chi connectivity index (χ1n) is 9.57. The van der Waals surface area contributed by atoms with Crippen LogP contribution in [0.25, 0.3) is 0 Å². The van der Waals surface area contributed by atoms with Gasteiger partial charge in [0, 0.05) is 0 Å². The fraction of sp³-hybridized carbons (Fsp3) is 0.625. The Morgan fingerprint density at radius 2 is 1.06 bits per heavy atom. The molecule has 2 aliphatic heterocycles. The molecule has 3 fully saturated rings. The molecule has 4 atom stereocenters. The predicted molar refractivity (Wildman–Crippen MR) is 104 cm³/mol. The van der Waals surface area contributed by atoms with Crippen molar-refractivity contribution in [2.24, 2.45) is 0 Å². The van der Waals surface area contributed by atoms with Crippen LogP contribution in [-0.4, -0.2) is 85.3 Å². The molecule has 0 aromatic rings. The Morgan fingerprint density at radius 3 is 1.26 bits per heavy atom. The van der Waals surface area contributed by atoms with Crippen molar-refractivity contribution in [2.75, 3.05) is 0 Å². The number of carbonyl (C=O) groups excluding carboxylic acids is 4. The zero-order valence-electron chi connectivity index (χ0n) is 17.2. The number of nitrogens with one attached hydrogen (secondary N) is 2. The van der Waals surface area contributed by atoms with Crippen LogP contribution in [0.15, 0.2) is 0 Å². The third-order valence-corrected chi connectivity index (χ3v) is 7.95. The summed E-state index contributed by atoms with van der Waals surface area (Å²) in [6, 6.07) is 0. The molecular weight excluding hydrogens is 508 g/mol. The lowest BCUT2D eigenvalue weighted by Gasteiger charge is -2.35. The lowest BCUT2D eigenvalue weighted by atomic mass is 9.93. The zero-order chi connectivity index (χ0) is 25.8. The number of carboxylic acids is 2. The first kappa shape index (κ1) is 27.3. The second kappa shape index (κ2) is 10.5. The Labute approximate surface area is 192 Å². The second-order valence-electron chi connectivity index (χ2n) is 7.33. The van der Waals surface area contributed by atoms with Crippen molar-refractivity contribution in [2.45, 2.75) is 61.2 Å². The Morgan fingerprint density at radius 1 is 0.735 bits per heavy atom. The highest BCUT2D eigenvalue weighted by Crippen LogP contribution is 2.32.